The summed E-state index contributed by atoms with van der Waals surface area (Å²) in [5.74, 6) is 1.56. The standard InChI is InChI=1S/C48H33N3O/c1-48(2)39-20-10-9-17-36(39)43-38(19-11-21-40(43)48)47-50-45(33-25-23-31(24-26-33)30-13-5-3-6-14-30)49-46(51-47)34-27-28-37-42(29-34)52-41-22-12-18-35(44(37)41)32-15-7-4-8-16-32/h3-29H,1-2H3/i4D,7D,8D,15D,16D. The second-order valence-electron chi connectivity index (χ2n) is 13.6. The molecule has 0 saturated carbocycles. The molecule has 0 spiro atoms. The quantitative estimate of drug-likeness (QED) is 0.183. The van der Waals surface area contributed by atoms with Crippen LogP contribution in [0.2, 0.25) is 0 Å². The van der Waals surface area contributed by atoms with Crippen molar-refractivity contribution in [3.05, 3.63) is 175 Å². The average molecular weight is 673 g/mol. The summed E-state index contributed by atoms with van der Waals surface area (Å²) in [7, 11) is 0. The van der Waals surface area contributed by atoms with Crippen LogP contribution in [0.1, 0.15) is 31.8 Å². The molecule has 0 amide bonds. The highest BCUT2D eigenvalue weighted by Crippen LogP contribution is 2.51. The molecule has 1 aliphatic carbocycles. The van der Waals surface area contributed by atoms with Crippen LogP contribution < -0.4 is 0 Å². The molecule has 9 aromatic rings. The second-order valence-corrected chi connectivity index (χ2v) is 13.6. The Kier molecular flexibility index (Phi) is 5.70. The fraction of sp³-hybridized carbons (Fsp3) is 0.0625. The summed E-state index contributed by atoms with van der Waals surface area (Å²) in [6.07, 6.45) is 0. The molecular formula is C48H33N3O. The molecule has 4 nitrogen and oxygen atoms in total. The fourth-order valence-electron chi connectivity index (χ4n) is 7.70. The Balaban J connectivity index is 1.16. The molecule has 2 heterocycles. The van der Waals surface area contributed by atoms with Gasteiger partial charge in [-0.3, -0.25) is 0 Å². The van der Waals surface area contributed by atoms with Crippen LogP contribution in [0.3, 0.4) is 0 Å². The van der Waals surface area contributed by atoms with E-state index in [0.717, 1.165) is 33.2 Å². The Bertz CT molecular complexity index is 3070. The third-order valence-corrected chi connectivity index (χ3v) is 10.3. The van der Waals surface area contributed by atoms with Crippen molar-refractivity contribution in [3.63, 3.8) is 0 Å². The first-order valence-corrected chi connectivity index (χ1v) is 17.3. The van der Waals surface area contributed by atoms with Crippen LogP contribution in [-0.4, -0.2) is 15.0 Å². The summed E-state index contributed by atoms with van der Waals surface area (Å²) in [5, 5.41) is 1.40. The number of rotatable bonds is 5. The lowest BCUT2D eigenvalue weighted by Gasteiger charge is -2.21. The first-order chi connectivity index (χ1) is 27.6. The number of nitrogens with zero attached hydrogens (tertiary/aromatic N) is 3. The van der Waals surface area contributed by atoms with Crippen molar-refractivity contribution in [1.29, 1.82) is 0 Å². The number of hydrogen-bond donors (Lipinski definition) is 0. The Morgan fingerprint density at radius 1 is 0.481 bits per heavy atom. The highest BCUT2D eigenvalue weighted by atomic mass is 16.3. The van der Waals surface area contributed by atoms with E-state index in [-0.39, 0.29) is 35.1 Å². The molecule has 7 aromatic carbocycles. The van der Waals surface area contributed by atoms with Crippen LogP contribution >= 0.6 is 0 Å². The normalized spacial score (nSPS) is 14.3. The molecule has 246 valence electrons. The lowest BCUT2D eigenvalue weighted by Crippen LogP contribution is -2.14. The Hall–Kier alpha value is -6.65. The van der Waals surface area contributed by atoms with Gasteiger partial charge in [0.25, 0.3) is 0 Å². The molecule has 4 heteroatoms. The van der Waals surface area contributed by atoms with Gasteiger partial charge in [-0.25, -0.2) is 15.0 Å². The number of furan rings is 1. The van der Waals surface area contributed by atoms with Crippen molar-refractivity contribution in [1.82, 2.24) is 15.0 Å². The van der Waals surface area contributed by atoms with Crippen LogP contribution in [0.25, 0.3) is 89.5 Å². The van der Waals surface area contributed by atoms with Gasteiger partial charge in [-0.1, -0.05) is 159 Å². The lowest BCUT2D eigenvalue weighted by molar-refractivity contribution is 0.660. The van der Waals surface area contributed by atoms with Gasteiger partial charge >= 0.3 is 0 Å². The highest BCUT2D eigenvalue weighted by molar-refractivity contribution is 6.13. The number of benzene rings is 7. The van der Waals surface area contributed by atoms with Gasteiger partial charge in [0.15, 0.2) is 17.5 Å². The first-order valence-electron chi connectivity index (χ1n) is 19.8. The SMILES string of the molecule is [2H]c1c([2H])c([2H])c(-c2cccc3oc4cc(-c5nc(-c6ccc(-c7ccccc7)cc6)nc(-c6cccc7c6-c6ccccc6C7(C)C)n5)ccc4c23)c([2H])c1[2H]. The Morgan fingerprint density at radius 2 is 1.10 bits per heavy atom. The zero-order valence-electron chi connectivity index (χ0n) is 33.5. The van der Waals surface area contributed by atoms with Crippen molar-refractivity contribution in [2.45, 2.75) is 19.3 Å². The summed E-state index contributed by atoms with van der Waals surface area (Å²) in [6, 6.07) is 42.8. The first kappa shape index (κ1) is 25.3. The van der Waals surface area contributed by atoms with Crippen molar-refractivity contribution < 1.29 is 11.3 Å². The van der Waals surface area contributed by atoms with E-state index in [1.165, 1.54) is 16.7 Å². The zero-order valence-corrected chi connectivity index (χ0v) is 28.5. The summed E-state index contributed by atoms with van der Waals surface area (Å²) in [4.78, 5) is 15.4. The summed E-state index contributed by atoms with van der Waals surface area (Å²) < 4.78 is 48.5. The highest BCUT2D eigenvalue weighted by Gasteiger charge is 2.37. The van der Waals surface area contributed by atoms with Crippen LogP contribution in [-0.2, 0) is 5.41 Å². The van der Waals surface area contributed by atoms with Gasteiger partial charge in [-0.05, 0) is 62.7 Å². The van der Waals surface area contributed by atoms with Gasteiger partial charge in [0.2, 0.25) is 0 Å². The molecule has 0 atom stereocenters. The predicted molar refractivity (Wildman–Crippen MR) is 212 cm³/mol. The monoisotopic (exact) mass is 672 g/mol. The second kappa shape index (κ2) is 11.7. The van der Waals surface area contributed by atoms with E-state index in [9.17, 15) is 0 Å². The lowest BCUT2D eigenvalue weighted by atomic mass is 9.82. The van der Waals surface area contributed by atoms with Crippen LogP contribution in [0.15, 0.2) is 168 Å². The summed E-state index contributed by atoms with van der Waals surface area (Å²) in [5.41, 5.74) is 11.0. The fourth-order valence-corrected chi connectivity index (χ4v) is 7.70. The van der Waals surface area contributed by atoms with Crippen LogP contribution in [0.4, 0.5) is 0 Å². The largest absolute Gasteiger partial charge is 0.456 e. The summed E-state index contributed by atoms with van der Waals surface area (Å²) >= 11 is 0. The van der Waals surface area contributed by atoms with E-state index < -0.39 is 6.04 Å². The van der Waals surface area contributed by atoms with E-state index in [1.807, 2.05) is 54.6 Å². The average Bonchev–Trinajstić information content (AvgIpc) is 3.74. The molecule has 0 N–H and O–H groups in total. The summed E-state index contributed by atoms with van der Waals surface area (Å²) in [6.45, 7) is 4.51. The van der Waals surface area contributed by atoms with Crippen LogP contribution in [0, 0.1) is 0 Å². The smallest absolute Gasteiger partial charge is 0.164 e. The van der Waals surface area contributed by atoms with E-state index in [2.05, 4.69) is 80.6 Å². The molecule has 0 saturated heterocycles. The number of aromatic nitrogens is 3. The van der Waals surface area contributed by atoms with Gasteiger partial charge in [-0.15, -0.1) is 0 Å². The van der Waals surface area contributed by atoms with Crippen molar-refractivity contribution >= 4 is 21.9 Å². The molecule has 0 fully saturated rings. The van der Waals surface area contributed by atoms with Crippen molar-refractivity contribution in [2.24, 2.45) is 0 Å². The van der Waals surface area contributed by atoms with E-state index in [1.54, 1.807) is 12.1 Å². The van der Waals surface area contributed by atoms with E-state index in [0.29, 0.717) is 45.2 Å². The molecule has 0 radical (unpaired) electrons. The molecule has 0 unspecified atom stereocenters. The topological polar surface area (TPSA) is 51.8 Å². The maximum absolute atomic E-state index is 8.68. The number of fused-ring (bicyclic) bond motifs is 6. The van der Waals surface area contributed by atoms with Gasteiger partial charge in [0.1, 0.15) is 11.2 Å². The van der Waals surface area contributed by atoms with E-state index in [4.69, 9.17) is 26.2 Å². The minimum Gasteiger partial charge on any atom is -0.456 e. The Morgan fingerprint density at radius 3 is 1.92 bits per heavy atom. The maximum Gasteiger partial charge on any atom is 0.164 e. The Labute approximate surface area is 309 Å². The van der Waals surface area contributed by atoms with Crippen LogP contribution in [0.5, 0.6) is 0 Å². The zero-order chi connectivity index (χ0) is 39.2. The third-order valence-electron chi connectivity index (χ3n) is 10.3. The molecule has 0 bridgehead atoms. The minimum absolute atomic E-state index is 0.128. The van der Waals surface area contributed by atoms with Gasteiger partial charge in [-0.2, -0.15) is 0 Å². The molecule has 1 aliphatic rings. The van der Waals surface area contributed by atoms with Crippen molar-refractivity contribution in [2.75, 3.05) is 0 Å². The van der Waals surface area contributed by atoms with Gasteiger partial charge in [0.05, 0.1) is 6.85 Å². The van der Waals surface area contributed by atoms with Gasteiger partial charge < -0.3 is 4.42 Å². The van der Waals surface area contributed by atoms with Crippen molar-refractivity contribution in [3.8, 4) is 67.5 Å². The maximum atomic E-state index is 8.68. The predicted octanol–water partition coefficient (Wildman–Crippen LogP) is 12.4. The molecule has 0 aliphatic heterocycles. The number of hydrogen-bond acceptors (Lipinski definition) is 4. The molecule has 52 heavy (non-hydrogen) atoms. The molecule has 10 rings (SSSR count). The van der Waals surface area contributed by atoms with Gasteiger partial charge in [0, 0.05) is 32.9 Å². The molecular weight excluding hydrogens is 635 g/mol. The third kappa shape index (κ3) is 4.79. The minimum atomic E-state index is -0.431. The van der Waals surface area contributed by atoms with E-state index >= 15 is 0 Å². The molecule has 2 aromatic heterocycles.